The van der Waals surface area contributed by atoms with Crippen molar-refractivity contribution in [3.8, 4) is 0 Å². The zero-order valence-corrected chi connectivity index (χ0v) is 6.74. The second-order valence-corrected chi connectivity index (χ2v) is 3.37. The molecule has 1 saturated heterocycles. The van der Waals surface area contributed by atoms with E-state index in [1.807, 2.05) is 0 Å². The Morgan fingerprint density at radius 3 is 2.75 bits per heavy atom. The Labute approximate surface area is 69.5 Å². The summed E-state index contributed by atoms with van der Waals surface area (Å²) in [6, 6.07) is 0. The zero-order chi connectivity index (χ0) is 8.93. The molecular formula is C8H10O4. The van der Waals surface area contributed by atoms with Crippen LogP contribution in [0, 0.1) is 11.3 Å². The molecule has 2 fully saturated rings. The number of fused-ring (bicyclic) bond motifs is 1. The number of carbonyl (C=O) groups is 2. The van der Waals surface area contributed by atoms with Crippen molar-refractivity contribution in [3.63, 3.8) is 0 Å². The minimum absolute atomic E-state index is 0.0516. The molecular weight excluding hydrogens is 160 g/mol. The van der Waals surface area contributed by atoms with Gasteiger partial charge in [0.15, 0.2) is 5.78 Å². The van der Waals surface area contributed by atoms with Crippen LogP contribution in [-0.2, 0) is 14.3 Å². The molecule has 0 aromatic heterocycles. The van der Waals surface area contributed by atoms with Crippen LogP contribution in [0.4, 0.5) is 0 Å². The molecule has 0 radical (unpaired) electrons. The van der Waals surface area contributed by atoms with Crippen molar-refractivity contribution in [2.45, 2.75) is 19.4 Å². The Kier molecular flexibility index (Phi) is 1.33. The van der Waals surface area contributed by atoms with E-state index in [4.69, 9.17) is 9.84 Å². The number of Topliss-reactive ketones (excluding diaryl/α,β-unsaturated/α-hetero) is 1. The van der Waals surface area contributed by atoms with E-state index in [1.54, 1.807) is 6.92 Å². The summed E-state index contributed by atoms with van der Waals surface area (Å²) < 4.78 is 5.08. The van der Waals surface area contributed by atoms with Gasteiger partial charge in [-0.1, -0.05) is 6.92 Å². The molecule has 1 aliphatic heterocycles. The molecule has 0 amide bonds. The number of carboxylic acids is 1. The summed E-state index contributed by atoms with van der Waals surface area (Å²) in [6.45, 7) is 1.88. The average Bonchev–Trinajstić information content (AvgIpc) is 2.56. The summed E-state index contributed by atoms with van der Waals surface area (Å²) in [5.41, 5.74) is -0.880. The number of carboxylic acid groups (broad SMARTS) is 1. The number of carbonyl (C=O) groups excluding carboxylic acids is 1. The predicted octanol–water partition coefficient (Wildman–Crippen LogP) is 0.0651. The molecule has 1 heterocycles. The summed E-state index contributed by atoms with van der Waals surface area (Å²) in [6.07, 6.45) is 0.135. The lowest BCUT2D eigenvalue weighted by atomic mass is 9.98. The number of hydrogen-bond donors (Lipinski definition) is 1. The third-order valence-corrected chi connectivity index (χ3v) is 2.99. The molecule has 3 unspecified atom stereocenters. The summed E-state index contributed by atoms with van der Waals surface area (Å²) in [7, 11) is 0. The minimum atomic E-state index is -0.895. The first-order valence-electron chi connectivity index (χ1n) is 4.02. The highest BCUT2D eigenvalue weighted by Gasteiger charge is 2.75. The maximum absolute atomic E-state index is 11.1. The maximum Gasteiger partial charge on any atom is 0.313 e. The molecule has 0 bridgehead atoms. The fourth-order valence-corrected chi connectivity index (χ4v) is 2.19. The molecule has 4 heteroatoms. The average molecular weight is 170 g/mol. The molecule has 1 saturated carbocycles. The van der Waals surface area contributed by atoms with E-state index in [0.29, 0.717) is 6.42 Å². The molecule has 2 aliphatic rings. The molecule has 12 heavy (non-hydrogen) atoms. The van der Waals surface area contributed by atoms with Gasteiger partial charge < -0.3 is 9.84 Å². The van der Waals surface area contributed by atoms with Crippen molar-refractivity contribution in [2.75, 3.05) is 6.61 Å². The van der Waals surface area contributed by atoms with E-state index in [-0.39, 0.29) is 24.4 Å². The third-order valence-electron chi connectivity index (χ3n) is 2.99. The normalized spacial score (nSPS) is 44.2. The van der Waals surface area contributed by atoms with Crippen molar-refractivity contribution < 1.29 is 19.4 Å². The van der Waals surface area contributed by atoms with Crippen LogP contribution < -0.4 is 0 Å². The molecule has 4 nitrogen and oxygen atoms in total. The quantitative estimate of drug-likeness (QED) is 0.636. The lowest BCUT2D eigenvalue weighted by Crippen LogP contribution is -2.26. The van der Waals surface area contributed by atoms with Crippen molar-refractivity contribution in [1.29, 1.82) is 0 Å². The van der Waals surface area contributed by atoms with Gasteiger partial charge in [0.05, 0.1) is 12.0 Å². The SMILES string of the molecule is CCC1(C(=O)O)C2OCC(=O)C21. The van der Waals surface area contributed by atoms with Crippen LogP contribution in [-0.4, -0.2) is 29.6 Å². The Balaban J connectivity index is 2.27. The van der Waals surface area contributed by atoms with E-state index in [0.717, 1.165) is 0 Å². The first kappa shape index (κ1) is 7.73. The van der Waals surface area contributed by atoms with Gasteiger partial charge in [0.25, 0.3) is 0 Å². The maximum atomic E-state index is 11.1. The number of hydrogen-bond acceptors (Lipinski definition) is 3. The standard InChI is InChI=1S/C8H10O4/c1-2-8(7(10)11)5-4(9)3-12-6(5)8/h5-6H,2-3H2,1H3,(H,10,11). The van der Waals surface area contributed by atoms with Crippen molar-refractivity contribution in [2.24, 2.45) is 11.3 Å². The lowest BCUT2D eigenvalue weighted by Gasteiger charge is -2.11. The van der Waals surface area contributed by atoms with Crippen molar-refractivity contribution >= 4 is 11.8 Å². The van der Waals surface area contributed by atoms with Crippen LogP contribution in [0.3, 0.4) is 0 Å². The van der Waals surface area contributed by atoms with Crippen LogP contribution in [0.5, 0.6) is 0 Å². The van der Waals surface area contributed by atoms with Crippen LogP contribution >= 0.6 is 0 Å². The highest BCUT2D eigenvalue weighted by atomic mass is 16.5. The van der Waals surface area contributed by atoms with Gasteiger partial charge in [-0.2, -0.15) is 0 Å². The molecule has 1 aliphatic carbocycles. The molecule has 0 spiro atoms. The van der Waals surface area contributed by atoms with Gasteiger partial charge in [0.2, 0.25) is 0 Å². The largest absolute Gasteiger partial charge is 0.481 e. The van der Waals surface area contributed by atoms with Crippen LogP contribution in [0.25, 0.3) is 0 Å². The van der Waals surface area contributed by atoms with Gasteiger partial charge in [-0.15, -0.1) is 0 Å². The van der Waals surface area contributed by atoms with Gasteiger partial charge >= 0.3 is 5.97 Å². The second-order valence-electron chi connectivity index (χ2n) is 3.37. The van der Waals surface area contributed by atoms with Gasteiger partial charge in [-0.25, -0.2) is 0 Å². The smallest absolute Gasteiger partial charge is 0.313 e. The number of aliphatic carboxylic acids is 1. The van der Waals surface area contributed by atoms with Gasteiger partial charge in [-0.3, -0.25) is 9.59 Å². The second kappa shape index (κ2) is 2.07. The molecule has 1 N–H and O–H groups in total. The summed E-state index contributed by atoms with van der Waals surface area (Å²) >= 11 is 0. The molecule has 0 aromatic carbocycles. The molecule has 0 aromatic rings. The van der Waals surface area contributed by atoms with E-state index in [2.05, 4.69) is 0 Å². The third kappa shape index (κ3) is 0.617. The van der Waals surface area contributed by atoms with Crippen LogP contribution in [0.2, 0.25) is 0 Å². The number of rotatable bonds is 2. The van der Waals surface area contributed by atoms with Crippen molar-refractivity contribution in [3.05, 3.63) is 0 Å². The Morgan fingerprint density at radius 1 is 1.83 bits per heavy atom. The molecule has 3 atom stereocenters. The Morgan fingerprint density at radius 2 is 2.50 bits per heavy atom. The monoisotopic (exact) mass is 170 g/mol. The van der Waals surface area contributed by atoms with E-state index in [9.17, 15) is 9.59 Å². The highest BCUT2D eigenvalue weighted by molar-refractivity contribution is 5.98. The number of ketones is 1. The van der Waals surface area contributed by atoms with Crippen molar-refractivity contribution in [1.82, 2.24) is 0 Å². The topological polar surface area (TPSA) is 63.6 Å². The van der Waals surface area contributed by atoms with Crippen LogP contribution in [0.1, 0.15) is 13.3 Å². The van der Waals surface area contributed by atoms with Gasteiger partial charge in [0, 0.05) is 0 Å². The summed E-state index contributed by atoms with van der Waals surface area (Å²) in [4.78, 5) is 21.9. The highest BCUT2D eigenvalue weighted by Crippen LogP contribution is 2.60. The summed E-state index contributed by atoms with van der Waals surface area (Å²) in [5.74, 6) is -1.31. The first-order chi connectivity index (χ1) is 5.64. The fraction of sp³-hybridized carbons (Fsp3) is 0.750. The zero-order valence-electron chi connectivity index (χ0n) is 6.74. The van der Waals surface area contributed by atoms with E-state index >= 15 is 0 Å². The lowest BCUT2D eigenvalue weighted by molar-refractivity contribution is -0.148. The first-order valence-corrected chi connectivity index (χ1v) is 4.02. The molecule has 66 valence electrons. The predicted molar refractivity (Wildman–Crippen MR) is 38.6 cm³/mol. The Hall–Kier alpha value is -0.900. The minimum Gasteiger partial charge on any atom is -0.481 e. The van der Waals surface area contributed by atoms with Crippen LogP contribution in [0.15, 0.2) is 0 Å². The molecule has 2 rings (SSSR count). The van der Waals surface area contributed by atoms with Gasteiger partial charge in [0.1, 0.15) is 12.0 Å². The fourth-order valence-electron chi connectivity index (χ4n) is 2.19. The van der Waals surface area contributed by atoms with Gasteiger partial charge in [-0.05, 0) is 6.42 Å². The summed E-state index contributed by atoms with van der Waals surface area (Å²) in [5, 5.41) is 8.90. The number of ether oxygens (including phenoxy) is 1. The Bertz CT molecular complexity index is 260. The van der Waals surface area contributed by atoms with E-state index in [1.165, 1.54) is 0 Å². The van der Waals surface area contributed by atoms with E-state index < -0.39 is 11.4 Å².